The smallest absolute Gasteiger partial charge is 0.279 e. The van der Waals surface area contributed by atoms with Crippen LogP contribution in [0.25, 0.3) is 57.4 Å². The van der Waals surface area contributed by atoms with E-state index in [1.165, 1.54) is 24.3 Å². The molecule has 0 fully saturated rings. The van der Waals surface area contributed by atoms with E-state index in [0.29, 0.717) is 64.5 Å². The van der Waals surface area contributed by atoms with Crippen molar-refractivity contribution in [3.63, 3.8) is 0 Å². The fourth-order valence-corrected chi connectivity index (χ4v) is 9.22. The molecule has 4 aromatic carbocycles. The maximum absolute atomic E-state index is 13.6. The molecule has 8 aromatic rings. The number of ether oxygens (including phenoxy) is 3. The van der Waals surface area contributed by atoms with Crippen LogP contribution in [0.4, 0.5) is 8.78 Å². The Morgan fingerprint density at radius 3 is 1.60 bits per heavy atom. The van der Waals surface area contributed by atoms with Crippen molar-refractivity contribution in [2.45, 2.75) is 66.5 Å². The minimum atomic E-state index is -0.560. The van der Waals surface area contributed by atoms with Gasteiger partial charge in [0.15, 0.2) is 11.6 Å². The topological polar surface area (TPSA) is 174 Å². The number of methoxy groups -OCH3 is 2. The van der Waals surface area contributed by atoms with E-state index in [-0.39, 0.29) is 34.8 Å². The molecule has 0 saturated heterocycles. The molecule has 6 heterocycles. The van der Waals surface area contributed by atoms with Crippen LogP contribution in [0.3, 0.4) is 0 Å². The van der Waals surface area contributed by atoms with Crippen LogP contribution in [-0.4, -0.2) is 68.7 Å². The highest BCUT2D eigenvalue weighted by Gasteiger charge is 2.29. The van der Waals surface area contributed by atoms with E-state index >= 15 is 0 Å². The lowest BCUT2D eigenvalue weighted by atomic mass is 9.93. The lowest BCUT2D eigenvalue weighted by Crippen LogP contribution is -2.32. The number of allylic oxidation sites excluding steroid dienone is 1. The monoisotopic (exact) mass is 974 g/mol. The molecular formula is C55H52F2N8O7. The summed E-state index contributed by atoms with van der Waals surface area (Å²) in [4.78, 5) is 43.0. The number of hydrogen-bond donors (Lipinski definition) is 2. The number of hydrogen-bond acceptors (Lipinski definition) is 11. The number of rotatable bonds is 10. The van der Waals surface area contributed by atoms with Gasteiger partial charge in [0.1, 0.15) is 35.1 Å². The van der Waals surface area contributed by atoms with Crippen LogP contribution in [0.2, 0.25) is 0 Å². The molecule has 0 radical (unpaired) electrons. The molecular weight excluding hydrogens is 923 g/mol. The van der Waals surface area contributed by atoms with Gasteiger partial charge in [-0.2, -0.15) is 9.97 Å². The molecule has 0 bridgehead atoms. The van der Waals surface area contributed by atoms with Gasteiger partial charge in [-0.25, -0.2) is 18.7 Å². The Labute approximate surface area is 413 Å². The van der Waals surface area contributed by atoms with E-state index in [4.69, 9.17) is 14.2 Å². The van der Waals surface area contributed by atoms with Crippen LogP contribution in [0, 0.1) is 31.4 Å². The number of aliphatic hydroxyl groups is 2. The van der Waals surface area contributed by atoms with Gasteiger partial charge in [-0.15, -0.1) is 0 Å². The Bertz CT molecular complexity index is 3270. The van der Waals surface area contributed by atoms with Crippen LogP contribution in [-0.2, 0) is 31.0 Å². The predicted octanol–water partition coefficient (Wildman–Crippen LogP) is 8.59. The van der Waals surface area contributed by atoms with E-state index in [1.54, 1.807) is 57.2 Å². The van der Waals surface area contributed by atoms with E-state index < -0.39 is 24.3 Å². The zero-order chi connectivity index (χ0) is 50.8. The molecule has 72 heavy (non-hydrogen) atoms. The quantitative estimate of drug-likeness (QED) is 0.134. The summed E-state index contributed by atoms with van der Waals surface area (Å²) in [5, 5.41) is 20.0. The van der Waals surface area contributed by atoms with Crippen LogP contribution < -0.4 is 20.6 Å². The molecule has 17 heteroatoms. The first-order chi connectivity index (χ1) is 34.7. The minimum absolute atomic E-state index is 0.153. The Morgan fingerprint density at radius 1 is 0.667 bits per heavy atom. The fraction of sp³-hybridized carbons (Fsp3) is 0.236. The van der Waals surface area contributed by atoms with Crippen LogP contribution in [0.15, 0.2) is 120 Å². The van der Waals surface area contributed by atoms with Gasteiger partial charge < -0.3 is 42.7 Å². The third-order valence-electron chi connectivity index (χ3n) is 12.5. The van der Waals surface area contributed by atoms with Gasteiger partial charge in [0.2, 0.25) is 0 Å². The molecule has 2 atom stereocenters. The molecule has 2 N–H and O–H groups in total. The summed E-state index contributed by atoms with van der Waals surface area (Å²) >= 11 is 0. The number of benzene rings is 4. The number of halogens is 2. The molecule has 2 aliphatic rings. The van der Waals surface area contributed by atoms with Gasteiger partial charge in [0.25, 0.3) is 11.1 Å². The van der Waals surface area contributed by atoms with Crippen molar-refractivity contribution in [1.82, 2.24) is 38.2 Å². The number of aromatic nitrogens is 8. The molecule has 10 rings (SSSR count). The van der Waals surface area contributed by atoms with Gasteiger partial charge in [-0.05, 0) is 146 Å². The number of imidazole rings is 2. The van der Waals surface area contributed by atoms with Gasteiger partial charge >= 0.3 is 0 Å². The van der Waals surface area contributed by atoms with Crippen molar-refractivity contribution in [2.75, 3.05) is 14.2 Å². The first kappa shape index (κ1) is 48.7. The summed E-state index contributed by atoms with van der Waals surface area (Å²) in [6, 6.07) is 23.4. The molecule has 0 aliphatic carbocycles. The van der Waals surface area contributed by atoms with Crippen molar-refractivity contribution in [1.29, 1.82) is 0 Å². The summed E-state index contributed by atoms with van der Waals surface area (Å²) in [5.74, 6) is 2.14. The highest BCUT2D eigenvalue weighted by atomic mass is 19.1. The van der Waals surface area contributed by atoms with Gasteiger partial charge in [-0.1, -0.05) is 19.1 Å². The second-order valence-corrected chi connectivity index (χ2v) is 17.8. The Hall–Kier alpha value is -8.28. The van der Waals surface area contributed by atoms with Crippen LogP contribution in [0.1, 0.15) is 65.6 Å². The summed E-state index contributed by atoms with van der Waals surface area (Å²) < 4.78 is 52.2. The molecule has 15 nitrogen and oxygen atoms in total. The second kappa shape index (κ2) is 20.6. The van der Waals surface area contributed by atoms with Crippen molar-refractivity contribution in [3.8, 4) is 45.4 Å². The number of aryl methyl sites for hydroxylation is 2. The lowest BCUT2D eigenvalue weighted by Gasteiger charge is -2.30. The lowest BCUT2D eigenvalue weighted by molar-refractivity contribution is 0.144. The average molecular weight is 975 g/mol. The summed E-state index contributed by atoms with van der Waals surface area (Å²) in [7, 11) is 3.23. The van der Waals surface area contributed by atoms with Crippen LogP contribution in [0.5, 0.6) is 11.5 Å². The summed E-state index contributed by atoms with van der Waals surface area (Å²) in [5.41, 5.74) is 7.77. The fourth-order valence-electron chi connectivity index (χ4n) is 9.22. The number of aliphatic hydroxyl groups excluding tert-OH is 2. The zero-order valence-electron chi connectivity index (χ0n) is 40.5. The number of nitrogens with zero attached hydrogens (tertiary/aromatic N) is 8. The van der Waals surface area contributed by atoms with Crippen LogP contribution >= 0.6 is 0 Å². The molecule has 4 aromatic heterocycles. The van der Waals surface area contributed by atoms with Crippen molar-refractivity contribution >= 4 is 23.5 Å². The summed E-state index contributed by atoms with van der Waals surface area (Å²) in [6.45, 7) is 7.99. The molecule has 2 unspecified atom stereocenters. The first-order valence-electron chi connectivity index (χ1n) is 23.2. The third kappa shape index (κ3) is 9.89. The van der Waals surface area contributed by atoms with Crippen molar-refractivity contribution in [3.05, 3.63) is 188 Å². The maximum atomic E-state index is 13.6. The Balaban J connectivity index is 0.000000178. The SMILES string of the molecule is COc1cc(/C=C2\CC(C)Cn3c2nc(=O)c(CO)c3-c2ccc(F)cc2)ccc1-n1cnc(C)c1.COc1cc(/C=C2\OC(C)Cn3c2nc(=O)c(CO)c3-c2ccc(F)cc2)ccc1-n1cnc(C)c1. The predicted molar refractivity (Wildman–Crippen MR) is 269 cm³/mol. The molecule has 0 saturated carbocycles. The molecule has 368 valence electrons. The third-order valence-corrected chi connectivity index (χ3v) is 12.5. The molecule has 2 aliphatic heterocycles. The largest absolute Gasteiger partial charge is 0.495 e. The van der Waals surface area contributed by atoms with E-state index in [0.717, 1.165) is 45.9 Å². The normalized spacial score (nSPS) is 16.1. The highest BCUT2D eigenvalue weighted by molar-refractivity contribution is 5.82. The van der Waals surface area contributed by atoms with E-state index in [9.17, 15) is 28.6 Å². The second-order valence-electron chi connectivity index (χ2n) is 17.8. The molecule has 0 amide bonds. The van der Waals surface area contributed by atoms with Crippen molar-refractivity contribution in [2.24, 2.45) is 5.92 Å². The standard InChI is InChI=1S/C28H27FN4O3.C27H25FN4O4/c1-17-10-21(11-19-4-9-24(25(12-19)36-3)32-14-18(2)30-16-32)27-31-28(35)23(15-34)26(33(27)13-17)20-5-7-22(29)8-6-20;1-16-12-31(15-29-16)22-9-4-18(10-23(22)35-3)11-24-26-30-27(34)21(14-33)25(32(26)13-17(2)36-24)19-5-7-20(28)8-6-19/h4-9,11-12,14,16-17,34H,10,13,15H2,1-3H3;4-12,15,17,33H,13-14H2,1-3H3/b21-11+;24-11-. The number of fused-ring (bicyclic) bond motifs is 2. The average Bonchev–Trinajstić information content (AvgIpc) is 4.01. The Morgan fingerprint density at radius 2 is 1.14 bits per heavy atom. The first-order valence-corrected chi connectivity index (χ1v) is 23.2. The van der Waals surface area contributed by atoms with Crippen molar-refractivity contribution < 1.29 is 33.2 Å². The van der Waals surface area contributed by atoms with Gasteiger partial charge in [0, 0.05) is 18.9 Å². The molecule has 0 spiro atoms. The van der Waals surface area contributed by atoms with E-state index in [2.05, 4.69) is 26.9 Å². The minimum Gasteiger partial charge on any atom is -0.495 e. The van der Waals surface area contributed by atoms with E-state index in [1.807, 2.05) is 93.9 Å². The van der Waals surface area contributed by atoms with Gasteiger partial charge in [-0.3, -0.25) is 9.59 Å². The van der Waals surface area contributed by atoms with Gasteiger partial charge in [0.05, 0.1) is 91.9 Å². The Kier molecular flexibility index (Phi) is 13.9. The maximum Gasteiger partial charge on any atom is 0.279 e. The zero-order valence-corrected chi connectivity index (χ0v) is 40.5. The summed E-state index contributed by atoms with van der Waals surface area (Å²) in [6.07, 6.45) is 11.6. The highest BCUT2D eigenvalue weighted by Crippen LogP contribution is 2.37.